The predicted octanol–water partition coefficient (Wildman–Crippen LogP) is 2.86. The number of nitrogens with one attached hydrogen (secondary N) is 1. The molecule has 0 saturated carbocycles. The fourth-order valence-corrected chi connectivity index (χ4v) is 5.45. The first-order chi connectivity index (χ1) is 14.9. The van der Waals surface area contributed by atoms with Crippen LogP contribution in [-0.2, 0) is 19.4 Å². The third-order valence-electron chi connectivity index (χ3n) is 4.93. The summed E-state index contributed by atoms with van der Waals surface area (Å²) in [7, 11) is -3.53. The average molecular weight is 457 g/mol. The number of hydrogen-bond acceptors (Lipinski definition) is 7. The molecule has 0 spiro atoms. The van der Waals surface area contributed by atoms with Gasteiger partial charge in [-0.25, -0.2) is 8.42 Å². The summed E-state index contributed by atoms with van der Waals surface area (Å²) in [5.74, 6) is -0.828. The van der Waals surface area contributed by atoms with Gasteiger partial charge in [0.25, 0.3) is 0 Å². The SMILES string of the molecule is O=C(CCS(=O)(=O)c1ccccc1)Nc1nnc([C@H]2CC(=O)N(c3ccccc3)C2)s1. The predicted molar refractivity (Wildman–Crippen MR) is 118 cm³/mol. The van der Waals surface area contributed by atoms with E-state index in [1.165, 1.54) is 23.5 Å². The van der Waals surface area contributed by atoms with Gasteiger partial charge in [-0.05, 0) is 24.3 Å². The summed E-state index contributed by atoms with van der Waals surface area (Å²) in [6.45, 7) is 0.501. The van der Waals surface area contributed by atoms with Crippen LogP contribution in [0, 0.1) is 0 Å². The summed E-state index contributed by atoms with van der Waals surface area (Å²) in [6, 6.07) is 17.5. The molecule has 10 heteroatoms. The second-order valence-corrected chi connectivity index (χ2v) is 10.2. The Morgan fingerprint density at radius 3 is 2.45 bits per heavy atom. The van der Waals surface area contributed by atoms with Gasteiger partial charge in [-0.3, -0.25) is 9.59 Å². The second kappa shape index (κ2) is 8.94. The zero-order chi connectivity index (χ0) is 21.8. The Morgan fingerprint density at radius 1 is 1.06 bits per heavy atom. The highest BCUT2D eigenvalue weighted by Gasteiger charge is 2.33. The monoisotopic (exact) mass is 456 g/mol. The van der Waals surface area contributed by atoms with Gasteiger partial charge >= 0.3 is 0 Å². The topological polar surface area (TPSA) is 109 Å². The van der Waals surface area contributed by atoms with E-state index in [0.717, 1.165) is 5.69 Å². The minimum Gasteiger partial charge on any atom is -0.312 e. The van der Waals surface area contributed by atoms with Crippen molar-refractivity contribution in [1.29, 1.82) is 0 Å². The number of para-hydroxylation sites is 1. The number of aromatic nitrogens is 2. The molecule has 0 radical (unpaired) electrons. The maximum absolute atomic E-state index is 12.4. The van der Waals surface area contributed by atoms with Crippen molar-refractivity contribution in [2.75, 3.05) is 22.5 Å². The number of rotatable bonds is 7. The third kappa shape index (κ3) is 4.97. The van der Waals surface area contributed by atoms with Crippen molar-refractivity contribution >= 4 is 43.8 Å². The molecule has 1 fully saturated rings. The number of benzene rings is 2. The summed E-state index contributed by atoms with van der Waals surface area (Å²) in [4.78, 5) is 26.5. The molecule has 0 bridgehead atoms. The minimum absolute atomic E-state index is 0.0168. The molecule has 160 valence electrons. The van der Waals surface area contributed by atoms with E-state index in [2.05, 4.69) is 15.5 Å². The van der Waals surface area contributed by atoms with Crippen LogP contribution < -0.4 is 10.2 Å². The Hall–Kier alpha value is -3.11. The highest BCUT2D eigenvalue weighted by Crippen LogP contribution is 2.34. The lowest BCUT2D eigenvalue weighted by molar-refractivity contribution is -0.117. The van der Waals surface area contributed by atoms with Crippen LogP contribution in [0.3, 0.4) is 0 Å². The summed E-state index contributed by atoms with van der Waals surface area (Å²) < 4.78 is 24.6. The summed E-state index contributed by atoms with van der Waals surface area (Å²) >= 11 is 1.20. The van der Waals surface area contributed by atoms with Crippen LogP contribution in [0.4, 0.5) is 10.8 Å². The van der Waals surface area contributed by atoms with Crippen molar-refractivity contribution in [2.45, 2.75) is 23.7 Å². The maximum atomic E-state index is 12.4. The molecule has 1 aliphatic heterocycles. The molecular weight excluding hydrogens is 436 g/mol. The molecular formula is C21H20N4O4S2. The van der Waals surface area contributed by atoms with Crippen molar-refractivity contribution in [1.82, 2.24) is 10.2 Å². The van der Waals surface area contributed by atoms with E-state index in [9.17, 15) is 18.0 Å². The van der Waals surface area contributed by atoms with Gasteiger partial charge < -0.3 is 10.2 Å². The molecule has 2 aromatic carbocycles. The van der Waals surface area contributed by atoms with Crippen LogP contribution >= 0.6 is 11.3 Å². The van der Waals surface area contributed by atoms with E-state index >= 15 is 0 Å². The average Bonchev–Trinajstić information content (AvgIpc) is 3.40. The van der Waals surface area contributed by atoms with Gasteiger partial charge in [-0.1, -0.05) is 47.7 Å². The standard InChI is InChI=1S/C21H20N4O4S2/c26-18(11-12-31(28,29)17-9-5-2-6-10-17)22-21-24-23-20(30-21)15-13-19(27)25(14-15)16-7-3-1-4-8-16/h1-10,15H,11-14H2,(H,22,24,26)/t15-/m0/s1. The van der Waals surface area contributed by atoms with E-state index in [0.29, 0.717) is 23.1 Å². The quantitative estimate of drug-likeness (QED) is 0.586. The first-order valence-electron chi connectivity index (χ1n) is 9.69. The molecule has 31 heavy (non-hydrogen) atoms. The van der Waals surface area contributed by atoms with Crippen LogP contribution in [0.2, 0.25) is 0 Å². The molecule has 8 nitrogen and oxygen atoms in total. The summed E-state index contributed by atoms with van der Waals surface area (Å²) in [6.07, 6.45) is 0.142. The van der Waals surface area contributed by atoms with E-state index in [4.69, 9.17) is 0 Å². The molecule has 1 N–H and O–H groups in total. The van der Waals surface area contributed by atoms with E-state index < -0.39 is 15.7 Å². The number of amides is 2. The van der Waals surface area contributed by atoms with Crippen LogP contribution in [0.25, 0.3) is 0 Å². The molecule has 0 unspecified atom stereocenters. The largest absolute Gasteiger partial charge is 0.312 e. The van der Waals surface area contributed by atoms with Crippen molar-refractivity contribution < 1.29 is 18.0 Å². The third-order valence-corrected chi connectivity index (χ3v) is 7.66. The molecule has 1 aromatic heterocycles. The van der Waals surface area contributed by atoms with Gasteiger partial charge in [-0.2, -0.15) is 0 Å². The van der Waals surface area contributed by atoms with Crippen LogP contribution in [0.1, 0.15) is 23.8 Å². The van der Waals surface area contributed by atoms with E-state index in [-0.39, 0.29) is 28.9 Å². The normalized spacial score (nSPS) is 16.5. The molecule has 1 atom stereocenters. The number of carbonyl (C=O) groups is 2. The van der Waals surface area contributed by atoms with E-state index in [1.54, 1.807) is 23.1 Å². The molecule has 2 heterocycles. The zero-order valence-electron chi connectivity index (χ0n) is 16.5. The lowest BCUT2D eigenvalue weighted by Gasteiger charge is -2.15. The van der Waals surface area contributed by atoms with Crippen molar-refractivity contribution in [2.24, 2.45) is 0 Å². The Kier molecular flexibility index (Phi) is 6.10. The molecule has 1 saturated heterocycles. The van der Waals surface area contributed by atoms with Gasteiger partial charge in [-0.15, -0.1) is 10.2 Å². The van der Waals surface area contributed by atoms with E-state index in [1.807, 2.05) is 30.3 Å². The molecule has 1 aliphatic rings. The van der Waals surface area contributed by atoms with Gasteiger partial charge in [0.05, 0.1) is 10.6 Å². The van der Waals surface area contributed by atoms with Crippen LogP contribution in [0.15, 0.2) is 65.6 Å². The molecule has 3 aromatic rings. The number of anilines is 2. The van der Waals surface area contributed by atoms with Gasteiger partial charge in [0.15, 0.2) is 9.84 Å². The Labute approximate surface area is 183 Å². The highest BCUT2D eigenvalue weighted by atomic mass is 32.2. The highest BCUT2D eigenvalue weighted by molar-refractivity contribution is 7.91. The zero-order valence-corrected chi connectivity index (χ0v) is 18.1. The Morgan fingerprint density at radius 2 is 1.74 bits per heavy atom. The smallest absolute Gasteiger partial charge is 0.227 e. The summed E-state index contributed by atoms with van der Waals surface area (Å²) in [5, 5.41) is 11.7. The maximum Gasteiger partial charge on any atom is 0.227 e. The first kappa shape index (κ1) is 21.1. The molecule has 2 amide bonds. The Bertz CT molecular complexity index is 1180. The van der Waals surface area contributed by atoms with Gasteiger partial charge in [0, 0.05) is 31.0 Å². The lowest BCUT2D eigenvalue weighted by atomic mass is 10.1. The lowest BCUT2D eigenvalue weighted by Crippen LogP contribution is -2.24. The van der Waals surface area contributed by atoms with Gasteiger partial charge in [0.2, 0.25) is 16.9 Å². The first-order valence-corrected chi connectivity index (χ1v) is 12.2. The van der Waals surface area contributed by atoms with Crippen molar-refractivity contribution in [3.8, 4) is 0 Å². The number of sulfone groups is 1. The molecule has 0 aliphatic carbocycles. The Balaban J connectivity index is 1.34. The number of carbonyl (C=O) groups excluding carboxylic acids is 2. The fraction of sp³-hybridized carbons (Fsp3) is 0.238. The fourth-order valence-electron chi connectivity index (χ4n) is 3.34. The van der Waals surface area contributed by atoms with Crippen LogP contribution in [0.5, 0.6) is 0 Å². The number of hydrogen-bond donors (Lipinski definition) is 1. The van der Waals surface area contributed by atoms with Crippen molar-refractivity contribution in [3.63, 3.8) is 0 Å². The van der Waals surface area contributed by atoms with Crippen LogP contribution in [-0.4, -0.2) is 42.7 Å². The minimum atomic E-state index is -3.53. The summed E-state index contributed by atoms with van der Waals surface area (Å²) in [5.41, 5.74) is 0.840. The van der Waals surface area contributed by atoms with Gasteiger partial charge in [0.1, 0.15) is 5.01 Å². The number of nitrogens with zero attached hydrogens (tertiary/aromatic N) is 3. The van der Waals surface area contributed by atoms with Crippen molar-refractivity contribution in [3.05, 3.63) is 65.7 Å². The second-order valence-electron chi connectivity index (χ2n) is 7.12. The molecule has 4 rings (SSSR count).